The molecule has 0 radical (unpaired) electrons. The van der Waals surface area contributed by atoms with Gasteiger partial charge in [-0.1, -0.05) is 20.8 Å². The lowest BCUT2D eigenvalue weighted by Gasteiger charge is -2.43. The Balaban J connectivity index is 0.00000363. The molecule has 2 saturated heterocycles. The number of nitrogens with one attached hydrogen (secondary N) is 1. The topological polar surface area (TPSA) is 37.4 Å². The van der Waals surface area contributed by atoms with Crippen molar-refractivity contribution in [1.82, 2.24) is 24.9 Å². The van der Waals surface area contributed by atoms with Crippen LogP contribution in [0.2, 0.25) is 0 Å². The van der Waals surface area contributed by atoms with Gasteiger partial charge in [0.2, 0.25) is 0 Å². The van der Waals surface area contributed by atoms with Gasteiger partial charge >= 0.3 is 0 Å². The summed E-state index contributed by atoms with van der Waals surface area (Å²) in [6.45, 7) is 20.1. The van der Waals surface area contributed by atoms with Crippen LogP contribution >= 0.6 is 24.0 Å². The number of hydrogen-bond acceptors (Lipinski definition) is 4. The van der Waals surface area contributed by atoms with Crippen molar-refractivity contribution in [1.29, 1.82) is 0 Å². The number of aliphatic imine (C=N–C) groups is 1. The van der Waals surface area contributed by atoms with Crippen molar-refractivity contribution in [2.75, 3.05) is 79.0 Å². The molecule has 0 spiro atoms. The Bertz CT molecular complexity index is 519. The molecule has 0 aromatic rings. The molecule has 1 aliphatic carbocycles. The van der Waals surface area contributed by atoms with Crippen LogP contribution in [0.3, 0.4) is 0 Å². The summed E-state index contributed by atoms with van der Waals surface area (Å²) in [6.07, 6.45) is 8.18. The molecule has 32 heavy (non-hydrogen) atoms. The van der Waals surface area contributed by atoms with Crippen molar-refractivity contribution < 1.29 is 0 Å². The third-order valence-electron chi connectivity index (χ3n) is 8.12. The molecule has 0 aromatic heterocycles. The Morgan fingerprint density at radius 1 is 0.875 bits per heavy atom. The van der Waals surface area contributed by atoms with Gasteiger partial charge in [0.1, 0.15) is 0 Å². The second kappa shape index (κ2) is 15.0. The number of rotatable bonds is 8. The molecule has 1 saturated carbocycles. The molecule has 3 fully saturated rings. The lowest BCUT2D eigenvalue weighted by molar-refractivity contribution is 0.0864. The van der Waals surface area contributed by atoms with E-state index in [2.05, 4.69) is 50.7 Å². The molecule has 3 rings (SSSR count). The average Bonchev–Trinajstić information content (AvgIpc) is 2.82. The molecule has 0 aromatic carbocycles. The van der Waals surface area contributed by atoms with E-state index in [1.807, 2.05) is 7.05 Å². The van der Waals surface area contributed by atoms with Crippen LogP contribution in [-0.2, 0) is 0 Å². The first-order valence-electron chi connectivity index (χ1n) is 13.2. The van der Waals surface area contributed by atoms with Gasteiger partial charge in [-0.05, 0) is 63.5 Å². The zero-order valence-electron chi connectivity index (χ0n) is 21.4. The number of piperazine rings is 2. The van der Waals surface area contributed by atoms with Crippen molar-refractivity contribution in [3.63, 3.8) is 0 Å². The van der Waals surface area contributed by atoms with Crippen LogP contribution in [-0.4, -0.2) is 111 Å². The van der Waals surface area contributed by atoms with Gasteiger partial charge in [0, 0.05) is 72.0 Å². The zero-order valence-corrected chi connectivity index (χ0v) is 23.7. The number of likely N-dealkylation sites (N-methyl/N-ethyl adjacent to an activating group) is 1. The molecule has 1 N–H and O–H groups in total. The Hall–Kier alpha value is -0.120. The molecule has 2 aliphatic heterocycles. The van der Waals surface area contributed by atoms with Crippen LogP contribution < -0.4 is 5.32 Å². The Morgan fingerprint density at radius 3 is 2.06 bits per heavy atom. The zero-order chi connectivity index (χ0) is 22.1. The van der Waals surface area contributed by atoms with E-state index < -0.39 is 0 Å². The summed E-state index contributed by atoms with van der Waals surface area (Å²) < 4.78 is 0. The van der Waals surface area contributed by atoms with E-state index in [4.69, 9.17) is 0 Å². The Morgan fingerprint density at radius 2 is 1.50 bits per heavy atom. The highest BCUT2D eigenvalue weighted by Crippen LogP contribution is 2.32. The maximum Gasteiger partial charge on any atom is 0.193 e. The third kappa shape index (κ3) is 8.58. The lowest BCUT2D eigenvalue weighted by Crippen LogP contribution is -2.55. The standard InChI is InChI=1S/C25H50N6.HI/c1-5-28-14-16-29(17-15-28)13-7-6-12-27-25(26-4)31-20-18-30(19-21-31)24-10-8-23(9-11-24)22(2)3;/h22-24H,5-21H2,1-4H3,(H,26,27);1H. The van der Waals surface area contributed by atoms with Gasteiger partial charge in [-0.15, -0.1) is 24.0 Å². The predicted octanol–water partition coefficient (Wildman–Crippen LogP) is 3.43. The fourth-order valence-corrected chi connectivity index (χ4v) is 5.75. The van der Waals surface area contributed by atoms with Crippen molar-refractivity contribution in [2.24, 2.45) is 16.8 Å². The number of nitrogens with zero attached hydrogens (tertiary/aromatic N) is 5. The minimum absolute atomic E-state index is 0. The second-order valence-corrected chi connectivity index (χ2v) is 10.3. The summed E-state index contributed by atoms with van der Waals surface area (Å²) in [5.74, 6) is 2.93. The summed E-state index contributed by atoms with van der Waals surface area (Å²) in [4.78, 5) is 15.0. The van der Waals surface area contributed by atoms with Gasteiger partial charge in [0.15, 0.2) is 5.96 Å². The summed E-state index contributed by atoms with van der Waals surface area (Å²) in [7, 11) is 1.94. The number of halogens is 1. The summed E-state index contributed by atoms with van der Waals surface area (Å²) in [5.41, 5.74) is 0. The number of guanidine groups is 1. The first kappa shape index (κ1) is 28.1. The van der Waals surface area contributed by atoms with Crippen molar-refractivity contribution in [3.05, 3.63) is 0 Å². The first-order chi connectivity index (χ1) is 15.1. The SMILES string of the molecule is CCN1CCN(CCCCNC(=NC)N2CCN(C3CCC(C(C)C)CC3)CC2)CC1.I. The summed E-state index contributed by atoms with van der Waals surface area (Å²) >= 11 is 0. The average molecular weight is 563 g/mol. The van der Waals surface area contributed by atoms with Gasteiger partial charge in [-0.2, -0.15) is 0 Å². The molecule has 7 heteroatoms. The monoisotopic (exact) mass is 562 g/mol. The molecule has 0 atom stereocenters. The van der Waals surface area contributed by atoms with Gasteiger partial charge < -0.3 is 20.0 Å². The van der Waals surface area contributed by atoms with Crippen LogP contribution in [0, 0.1) is 11.8 Å². The Kier molecular flexibility index (Phi) is 13.2. The molecule has 0 amide bonds. The molecule has 3 aliphatic rings. The smallest absolute Gasteiger partial charge is 0.193 e. The quantitative estimate of drug-likeness (QED) is 0.213. The third-order valence-corrected chi connectivity index (χ3v) is 8.12. The minimum Gasteiger partial charge on any atom is -0.356 e. The largest absolute Gasteiger partial charge is 0.356 e. The summed E-state index contributed by atoms with van der Waals surface area (Å²) in [5, 5.41) is 3.64. The van der Waals surface area contributed by atoms with E-state index in [1.165, 1.54) is 90.9 Å². The molecule has 188 valence electrons. The van der Waals surface area contributed by atoms with Crippen molar-refractivity contribution in [2.45, 2.75) is 65.3 Å². The molecule has 6 nitrogen and oxygen atoms in total. The van der Waals surface area contributed by atoms with Gasteiger partial charge in [-0.25, -0.2) is 0 Å². The van der Waals surface area contributed by atoms with Crippen molar-refractivity contribution >= 4 is 29.9 Å². The van der Waals surface area contributed by atoms with Crippen LogP contribution in [0.4, 0.5) is 0 Å². The van der Waals surface area contributed by atoms with E-state index in [-0.39, 0.29) is 24.0 Å². The van der Waals surface area contributed by atoms with Crippen LogP contribution in [0.1, 0.15) is 59.3 Å². The highest BCUT2D eigenvalue weighted by Gasteiger charge is 2.29. The second-order valence-electron chi connectivity index (χ2n) is 10.3. The molecule has 2 heterocycles. The maximum atomic E-state index is 4.58. The van der Waals surface area contributed by atoms with Crippen LogP contribution in [0.15, 0.2) is 4.99 Å². The van der Waals surface area contributed by atoms with Gasteiger partial charge in [-0.3, -0.25) is 9.89 Å². The highest BCUT2D eigenvalue weighted by atomic mass is 127. The minimum atomic E-state index is 0. The first-order valence-corrected chi connectivity index (χ1v) is 13.2. The fourth-order valence-electron chi connectivity index (χ4n) is 5.75. The van der Waals surface area contributed by atoms with Gasteiger partial charge in [0.05, 0.1) is 0 Å². The number of hydrogen-bond donors (Lipinski definition) is 1. The summed E-state index contributed by atoms with van der Waals surface area (Å²) in [6, 6.07) is 0.825. The Labute approximate surface area is 215 Å². The van der Waals surface area contributed by atoms with Crippen LogP contribution in [0.25, 0.3) is 0 Å². The maximum absolute atomic E-state index is 4.58. The normalized spacial score (nSPS) is 26.9. The van der Waals surface area contributed by atoms with Crippen LogP contribution in [0.5, 0.6) is 0 Å². The predicted molar refractivity (Wildman–Crippen MR) is 148 cm³/mol. The molecule has 0 bridgehead atoms. The molecule has 0 unspecified atom stereocenters. The molecular formula is C25H51IN6. The highest BCUT2D eigenvalue weighted by molar-refractivity contribution is 14.0. The van der Waals surface area contributed by atoms with Gasteiger partial charge in [0.25, 0.3) is 0 Å². The van der Waals surface area contributed by atoms with E-state index in [0.717, 1.165) is 43.5 Å². The fraction of sp³-hybridized carbons (Fsp3) is 0.960. The van der Waals surface area contributed by atoms with Crippen molar-refractivity contribution in [3.8, 4) is 0 Å². The van der Waals surface area contributed by atoms with E-state index in [1.54, 1.807) is 0 Å². The molecular weight excluding hydrogens is 511 g/mol. The number of unbranched alkanes of at least 4 members (excludes halogenated alkanes) is 1. The van der Waals surface area contributed by atoms with E-state index >= 15 is 0 Å². The lowest BCUT2D eigenvalue weighted by atomic mass is 9.79. The van der Waals surface area contributed by atoms with E-state index in [9.17, 15) is 0 Å². The van der Waals surface area contributed by atoms with E-state index in [0.29, 0.717) is 0 Å².